The zero-order valence-electron chi connectivity index (χ0n) is 19.5. The van der Waals surface area contributed by atoms with Crippen molar-refractivity contribution >= 4 is 39.7 Å². The lowest BCUT2D eigenvalue weighted by Crippen LogP contribution is -2.42. The topological polar surface area (TPSA) is 87.1 Å². The van der Waals surface area contributed by atoms with E-state index in [-0.39, 0.29) is 5.91 Å². The third-order valence-electron chi connectivity index (χ3n) is 6.26. The molecule has 34 heavy (non-hydrogen) atoms. The minimum Gasteiger partial charge on any atom is -0.356 e. The zero-order chi connectivity index (χ0) is 23.7. The number of carbonyl (C=O) groups is 1. The molecule has 0 bridgehead atoms. The van der Waals surface area contributed by atoms with Crippen molar-refractivity contribution in [3.05, 3.63) is 59.4 Å². The number of aromatic nitrogens is 4. The van der Waals surface area contributed by atoms with Crippen molar-refractivity contribution in [2.75, 3.05) is 37.4 Å². The van der Waals surface area contributed by atoms with Crippen molar-refractivity contribution in [1.29, 1.82) is 0 Å². The van der Waals surface area contributed by atoms with E-state index >= 15 is 0 Å². The standard InChI is InChI=1S/C25H27N7OS/c1-16-29-30-25(34-16)18-4-5-19-15-27-22(13-20(19)12-18)28-24(33)17-6-9-26-23(14-17)32-10-7-21(8-11-32)31(2)3/h4-6,9,12-15,21H,7-8,10-11H2,1-3H3,(H,27,28,33). The van der Waals surface area contributed by atoms with Crippen LogP contribution in [0.5, 0.6) is 0 Å². The number of hydrogen-bond donors (Lipinski definition) is 1. The van der Waals surface area contributed by atoms with Gasteiger partial charge in [0.05, 0.1) is 0 Å². The van der Waals surface area contributed by atoms with Gasteiger partial charge in [-0.05, 0) is 63.5 Å². The summed E-state index contributed by atoms with van der Waals surface area (Å²) in [5, 5.41) is 15.1. The number of benzene rings is 1. The van der Waals surface area contributed by atoms with E-state index < -0.39 is 0 Å². The molecule has 1 fully saturated rings. The molecule has 0 saturated carbocycles. The fourth-order valence-corrected chi connectivity index (χ4v) is 4.98. The van der Waals surface area contributed by atoms with Crippen LogP contribution < -0.4 is 10.2 Å². The van der Waals surface area contributed by atoms with E-state index in [9.17, 15) is 4.79 Å². The van der Waals surface area contributed by atoms with E-state index in [0.29, 0.717) is 17.4 Å². The van der Waals surface area contributed by atoms with Crippen LogP contribution in [0.4, 0.5) is 11.6 Å². The van der Waals surface area contributed by atoms with Crippen LogP contribution in [0.25, 0.3) is 21.3 Å². The lowest BCUT2D eigenvalue weighted by atomic mass is 10.0. The zero-order valence-corrected chi connectivity index (χ0v) is 20.3. The van der Waals surface area contributed by atoms with Crippen molar-refractivity contribution in [3.63, 3.8) is 0 Å². The molecule has 9 heteroatoms. The summed E-state index contributed by atoms with van der Waals surface area (Å²) >= 11 is 1.56. The Kier molecular flexibility index (Phi) is 6.21. The highest BCUT2D eigenvalue weighted by Gasteiger charge is 2.22. The molecule has 174 valence electrons. The molecule has 0 radical (unpaired) electrons. The van der Waals surface area contributed by atoms with Crippen LogP contribution >= 0.6 is 11.3 Å². The molecule has 1 aromatic carbocycles. The molecule has 3 aromatic heterocycles. The monoisotopic (exact) mass is 473 g/mol. The van der Waals surface area contributed by atoms with Crippen molar-refractivity contribution in [1.82, 2.24) is 25.1 Å². The van der Waals surface area contributed by atoms with E-state index in [4.69, 9.17) is 0 Å². The number of amides is 1. The maximum absolute atomic E-state index is 13.0. The van der Waals surface area contributed by atoms with Crippen molar-refractivity contribution in [2.45, 2.75) is 25.8 Å². The molecule has 0 aliphatic carbocycles. The van der Waals surface area contributed by atoms with E-state index in [1.807, 2.05) is 31.2 Å². The molecular formula is C25H27N7OS. The quantitative estimate of drug-likeness (QED) is 0.464. The Bertz CT molecular complexity index is 1330. The van der Waals surface area contributed by atoms with Gasteiger partial charge in [0.25, 0.3) is 5.91 Å². The maximum atomic E-state index is 13.0. The summed E-state index contributed by atoms with van der Waals surface area (Å²) < 4.78 is 0. The Morgan fingerprint density at radius 3 is 2.62 bits per heavy atom. The highest BCUT2D eigenvalue weighted by atomic mass is 32.1. The first kappa shape index (κ1) is 22.4. The molecule has 1 N–H and O–H groups in total. The summed E-state index contributed by atoms with van der Waals surface area (Å²) in [6.45, 7) is 3.81. The molecular weight excluding hydrogens is 446 g/mol. The molecule has 1 aliphatic rings. The summed E-state index contributed by atoms with van der Waals surface area (Å²) in [7, 11) is 4.25. The lowest BCUT2D eigenvalue weighted by molar-refractivity contribution is 0.102. The molecule has 0 unspecified atom stereocenters. The van der Waals surface area contributed by atoms with Gasteiger partial charge in [-0.25, -0.2) is 9.97 Å². The third-order valence-corrected chi connectivity index (χ3v) is 7.15. The van der Waals surface area contributed by atoms with Crippen LogP contribution in [0.1, 0.15) is 28.2 Å². The first-order valence-corrected chi connectivity index (χ1v) is 12.2. The summed E-state index contributed by atoms with van der Waals surface area (Å²) in [6.07, 6.45) is 5.65. The highest BCUT2D eigenvalue weighted by molar-refractivity contribution is 7.14. The van der Waals surface area contributed by atoms with Crippen LogP contribution in [0.15, 0.2) is 48.8 Å². The number of pyridine rings is 2. The summed E-state index contributed by atoms with van der Waals surface area (Å²) in [5.41, 5.74) is 1.57. The second-order valence-corrected chi connectivity index (χ2v) is 9.98. The molecule has 1 saturated heterocycles. The van der Waals surface area contributed by atoms with Gasteiger partial charge in [0, 0.05) is 48.0 Å². The van der Waals surface area contributed by atoms with Gasteiger partial charge in [-0.2, -0.15) is 0 Å². The normalized spacial score (nSPS) is 14.6. The maximum Gasteiger partial charge on any atom is 0.257 e. The fourth-order valence-electron chi connectivity index (χ4n) is 4.29. The van der Waals surface area contributed by atoms with Crippen LogP contribution in [-0.4, -0.2) is 64.2 Å². The largest absolute Gasteiger partial charge is 0.356 e. The van der Waals surface area contributed by atoms with Crippen LogP contribution in [0, 0.1) is 6.92 Å². The Labute approximate surface area is 202 Å². The molecule has 1 aliphatic heterocycles. The second kappa shape index (κ2) is 9.44. The van der Waals surface area contributed by atoms with Gasteiger partial charge in [0.2, 0.25) is 0 Å². The SMILES string of the molecule is Cc1nnc(-c2ccc3cnc(NC(=O)c4ccnc(N5CCC(N(C)C)CC5)c4)cc3c2)s1. The van der Waals surface area contributed by atoms with Crippen LogP contribution in [0.2, 0.25) is 0 Å². The highest BCUT2D eigenvalue weighted by Crippen LogP contribution is 2.28. The number of fused-ring (bicyclic) bond motifs is 1. The number of nitrogens with zero attached hydrogens (tertiary/aromatic N) is 6. The van der Waals surface area contributed by atoms with Crippen molar-refractivity contribution in [2.24, 2.45) is 0 Å². The van der Waals surface area contributed by atoms with E-state index in [2.05, 4.69) is 55.4 Å². The first-order chi connectivity index (χ1) is 16.5. The Hall–Kier alpha value is -3.43. The molecule has 8 nitrogen and oxygen atoms in total. The molecule has 5 rings (SSSR count). The molecule has 1 amide bonds. The van der Waals surface area contributed by atoms with E-state index in [1.165, 1.54) is 0 Å². The molecule has 4 heterocycles. The third kappa shape index (κ3) is 4.76. The summed E-state index contributed by atoms with van der Waals surface area (Å²) in [4.78, 5) is 26.5. The predicted octanol–water partition coefficient (Wildman–Crippen LogP) is 4.24. The average molecular weight is 474 g/mol. The van der Waals surface area contributed by atoms with E-state index in [0.717, 1.165) is 58.1 Å². The number of carbonyl (C=O) groups excluding carboxylic acids is 1. The Balaban J connectivity index is 1.32. The first-order valence-electron chi connectivity index (χ1n) is 11.4. The van der Waals surface area contributed by atoms with Gasteiger partial charge >= 0.3 is 0 Å². The van der Waals surface area contributed by atoms with Gasteiger partial charge in [-0.15, -0.1) is 10.2 Å². The predicted molar refractivity (Wildman–Crippen MR) is 136 cm³/mol. The number of anilines is 2. The summed E-state index contributed by atoms with van der Waals surface area (Å²) in [6, 6.07) is 12.2. The van der Waals surface area contributed by atoms with Crippen molar-refractivity contribution in [3.8, 4) is 10.6 Å². The molecule has 0 spiro atoms. The van der Waals surface area contributed by atoms with Gasteiger partial charge < -0.3 is 15.1 Å². The Morgan fingerprint density at radius 1 is 1.06 bits per heavy atom. The number of piperidine rings is 1. The number of rotatable bonds is 5. The average Bonchev–Trinajstić information content (AvgIpc) is 3.30. The Morgan fingerprint density at radius 2 is 1.88 bits per heavy atom. The van der Waals surface area contributed by atoms with E-state index in [1.54, 1.807) is 29.8 Å². The van der Waals surface area contributed by atoms with Crippen LogP contribution in [0.3, 0.4) is 0 Å². The number of hydrogen-bond acceptors (Lipinski definition) is 8. The number of aryl methyl sites for hydroxylation is 1. The van der Waals surface area contributed by atoms with Crippen molar-refractivity contribution < 1.29 is 4.79 Å². The van der Waals surface area contributed by atoms with Gasteiger partial charge in [-0.1, -0.05) is 23.5 Å². The smallest absolute Gasteiger partial charge is 0.257 e. The fraction of sp³-hybridized carbons (Fsp3) is 0.320. The molecule has 0 atom stereocenters. The minimum atomic E-state index is -0.199. The lowest BCUT2D eigenvalue weighted by Gasteiger charge is -2.35. The number of nitrogens with one attached hydrogen (secondary N) is 1. The second-order valence-electron chi connectivity index (χ2n) is 8.80. The minimum absolute atomic E-state index is 0.199. The molecule has 4 aromatic rings. The van der Waals surface area contributed by atoms with Gasteiger partial charge in [-0.3, -0.25) is 4.79 Å². The van der Waals surface area contributed by atoms with Crippen LogP contribution in [-0.2, 0) is 0 Å². The summed E-state index contributed by atoms with van der Waals surface area (Å²) in [5.74, 6) is 1.15. The van der Waals surface area contributed by atoms with Gasteiger partial charge in [0.1, 0.15) is 21.7 Å². The van der Waals surface area contributed by atoms with Gasteiger partial charge in [0.15, 0.2) is 0 Å².